The van der Waals surface area contributed by atoms with Gasteiger partial charge < -0.3 is 9.80 Å². The van der Waals surface area contributed by atoms with Crippen LogP contribution in [0.25, 0.3) is 0 Å². The molecule has 0 N–H and O–H groups in total. The van der Waals surface area contributed by atoms with Crippen molar-refractivity contribution in [2.75, 3.05) is 27.2 Å². The Kier molecular flexibility index (Phi) is 5.92. The largest absolute Gasteiger partial charge is 0.332 e. The van der Waals surface area contributed by atoms with E-state index in [0.717, 1.165) is 12.1 Å². The van der Waals surface area contributed by atoms with Crippen LogP contribution in [0.1, 0.15) is 16.1 Å². The van der Waals surface area contributed by atoms with Crippen LogP contribution in [-0.4, -0.2) is 47.9 Å². The first-order chi connectivity index (χ1) is 10.6. The summed E-state index contributed by atoms with van der Waals surface area (Å²) in [6.45, 7) is 1.98. The van der Waals surface area contributed by atoms with Gasteiger partial charge in [0.05, 0.1) is 0 Å². The molecular weight excluding hydrogens is 298 g/mol. The Balaban J connectivity index is 2.17. The quantitative estimate of drug-likeness (QED) is 0.822. The normalized spacial score (nSPS) is 10.7. The smallest absolute Gasteiger partial charge is 0.272 e. The third-order valence-corrected chi connectivity index (χ3v) is 3.50. The van der Waals surface area contributed by atoms with Crippen molar-refractivity contribution in [3.63, 3.8) is 0 Å². The number of benzene rings is 1. The van der Waals surface area contributed by atoms with Crippen LogP contribution in [-0.2, 0) is 6.54 Å². The van der Waals surface area contributed by atoms with Crippen LogP contribution in [0.2, 0.25) is 5.02 Å². The van der Waals surface area contributed by atoms with E-state index in [0.29, 0.717) is 23.8 Å². The number of carbonyl (C=O) groups is 1. The highest BCUT2D eigenvalue weighted by Gasteiger charge is 2.17. The Morgan fingerprint density at radius 1 is 1.14 bits per heavy atom. The predicted octanol–water partition coefficient (Wildman–Crippen LogP) is 2.94. The van der Waals surface area contributed by atoms with Crippen LogP contribution < -0.4 is 0 Å². The van der Waals surface area contributed by atoms with E-state index < -0.39 is 0 Å². The highest BCUT2D eigenvalue weighted by Crippen LogP contribution is 2.12. The van der Waals surface area contributed by atoms with Gasteiger partial charge in [0.25, 0.3) is 5.91 Å². The van der Waals surface area contributed by atoms with Gasteiger partial charge in [0.15, 0.2) is 0 Å². The summed E-state index contributed by atoms with van der Waals surface area (Å²) in [5.74, 6) is -0.104. The number of carbonyl (C=O) groups excluding carboxylic acids is 1. The van der Waals surface area contributed by atoms with E-state index in [1.807, 2.05) is 44.4 Å². The van der Waals surface area contributed by atoms with Gasteiger partial charge in [0.1, 0.15) is 5.69 Å². The molecule has 0 spiro atoms. The molecule has 5 heteroatoms. The third-order valence-electron chi connectivity index (χ3n) is 3.26. The van der Waals surface area contributed by atoms with Crippen molar-refractivity contribution in [1.29, 1.82) is 0 Å². The Bertz CT molecular complexity index is 616. The number of hydrogen-bond donors (Lipinski definition) is 0. The molecule has 4 nitrogen and oxygen atoms in total. The number of rotatable bonds is 6. The van der Waals surface area contributed by atoms with Gasteiger partial charge in [0, 0.05) is 30.9 Å². The summed E-state index contributed by atoms with van der Waals surface area (Å²) in [5.41, 5.74) is 1.47. The average Bonchev–Trinajstić information content (AvgIpc) is 2.51. The zero-order valence-electron chi connectivity index (χ0n) is 12.9. The zero-order chi connectivity index (χ0) is 15.9. The number of amides is 1. The van der Waals surface area contributed by atoms with Crippen LogP contribution in [0.15, 0.2) is 48.7 Å². The predicted molar refractivity (Wildman–Crippen MR) is 89.0 cm³/mol. The van der Waals surface area contributed by atoms with Crippen LogP contribution >= 0.6 is 11.6 Å². The van der Waals surface area contributed by atoms with Gasteiger partial charge in [-0.3, -0.25) is 9.78 Å². The molecule has 0 bridgehead atoms. The number of likely N-dealkylation sites (N-methyl/N-ethyl adjacent to an activating group) is 1. The van der Waals surface area contributed by atoms with Crippen molar-refractivity contribution in [2.24, 2.45) is 0 Å². The molecule has 0 aliphatic carbocycles. The van der Waals surface area contributed by atoms with Crippen molar-refractivity contribution in [2.45, 2.75) is 6.54 Å². The Hall–Kier alpha value is -1.91. The second kappa shape index (κ2) is 7.92. The molecule has 0 radical (unpaired) electrons. The van der Waals surface area contributed by atoms with Crippen molar-refractivity contribution in [3.8, 4) is 0 Å². The molecule has 1 aromatic carbocycles. The average molecular weight is 318 g/mol. The van der Waals surface area contributed by atoms with Gasteiger partial charge in [-0.15, -0.1) is 0 Å². The molecule has 116 valence electrons. The minimum atomic E-state index is -0.104. The highest BCUT2D eigenvalue weighted by atomic mass is 35.5. The van der Waals surface area contributed by atoms with Crippen LogP contribution in [0.5, 0.6) is 0 Å². The van der Waals surface area contributed by atoms with Crippen molar-refractivity contribution >= 4 is 17.5 Å². The molecule has 0 unspecified atom stereocenters. The molecule has 0 saturated heterocycles. The summed E-state index contributed by atoms with van der Waals surface area (Å²) < 4.78 is 0. The summed E-state index contributed by atoms with van der Waals surface area (Å²) in [6, 6.07) is 13.2. The summed E-state index contributed by atoms with van der Waals surface area (Å²) in [7, 11) is 3.98. The summed E-state index contributed by atoms with van der Waals surface area (Å²) in [6.07, 6.45) is 1.56. The van der Waals surface area contributed by atoms with Crippen molar-refractivity contribution in [1.82, 2.24) is 14.8 Å². The molecule has 2 rings (SSSR count). The van der Waals surface area contributed by atoms with Crippen LogP contribution in [0, 0.1) is 0 Å². The lowest BCUT2D eigenvalue weighted by Gasteiger charge is -2.24. The second-order valence-corrected chi connectivity index (χ2v) is 5.81. The second-order valence-electron chi connectivity index (χ2n) is 5.37. The molecule has 2 aromatic rings. The third kappa shape index (κ3) is 4.83. The van der Waals surface area contributed by atoms with E-state index in [9.17, 15) is 4.79 Å². The maximum absolute atomic E-state index is 12.7. The van der Waals surface area contributed by atoms with Gasteiger partial charge in [-0.2, -0.15) is 0 Å². The fraction of sp³-hybridized carbons (Fsp3) is 0.294. The molecule has 0 aliphatic heterocycles. The molecule has 1 aromatic heterocycles. The van der Waals surface area contributed by atoms with E-state index in [-0.39, 0.29) is 5.91 Å². The summed E-state index contributed by atoms with van der Waals surface area (Å²) >= 11 is 5.96. The summed E-state index contributed by atoms with van der Waals surface area (Å²) in [5, 5.41) is 0.519. The zero-order valence-corrected chi connectivity index (χ0v) is 13.6. The lowest BCUT2D eigenvalue weighted by atomic mass is 10.2. The molecule has 1 amide bonds. The number of halogens is 1. The lowest BCUT2D eigenvalue weighted by molar-refractivity contribution is 0.0726. The van der Waals surface area contributed by atoms with E-state index >= 15 is 0 Å². The number of hydrogen-bond acceptors (Lipinski definition) is 3. The molecule has 1 heterocycles. The van der Waals surface area contributed by atoms with Gasteiger partial charge in [0.2, 0.25) is 0 Å². The first kappa shape index (κ1) is 16.5. The Morgan fingerprint density at radius 3 is 2.50 bits per heavy atom. The monoisotopic (exact) mass is 317 g/mol. The molecule has 22 heavy (non-hydrogen) atoms. The van der Waals surface area contributed by atoms with E-state index in [1.165, 1.54) is 0 Å². The van der Waals surface area contributed by atoms with E-state index in [2.05, 4.69) is 9.88 Å². The molecule has 0 fully saturated rings. The summed E-state index contributed by atoms with van der Waals surface area (Å²) in [4.78, 5) is 20.7. The van der Waals surface area contributed by atoms with Crippen molar-refractivity contribution in [3.05, 3.63) is 64.9 Å². The van der Waals surface area contributed by atoms with Gasteiger partial charge in [-0.1, -0.05) is 41.9 Å². The minimum absolute atomic E-state index is 0.104. The minimum Gasteiger partial charge on any atom is -0.332 e. The standard InChI is InChI=1S/C17H20ClN3O/c1-20(2)10-11-21(13-14-6-4-3-5-7-14)17(22)16-12-15(18)8-9-19-16/h3-9,12H,10-11,13H2,1-2H3. The van der Waals surface area contributed by atoms with Gasteiger partial charge in [-0.25, -0.2) is 0 Å². The highest BCUT2D eigenvalue weighted by molar-refractivity contribution is 6.30. The van der Waals surface area contributed by atoms with E-state index in [1.54, 1.807) is 23.2 Å². The van der Waals surface area contributed by atoms with Crippen molar-refractivity contribution < 1.29 is 4.79 Å². The molecular formula is C17H20ClN3O. The topological polar surface area (TPSA) is 36.4 Å². The van der Waals surface area contributed by atoms with Crippen LogP contribution in [0.4, 0.5) is 0 Å². The molecule has 0 aliphatic rings. The number of aromatic nitrogens is 1. The number of pyridine rings is 1. The SMILES string of the molecule is CN(C)CCN(Cc1ccccc1)C(=O)c1cc(Cl)ccn1. The van der Waals surface area contributed by atoms with Gasteiger partial charge >= 0.3 is 0 Å². The van der Waals surface area contributed by atoms with Crippen LogP contribution in [0.3, 0.4) is 0 Å². The Labute approximate surface area is 136 Å². The first-order valence-corrected chi connectivity index (χ1v) is 7.53. The fourth-order valence-electron chi connectivity index (χ4n) is 2.06. The molecule has 0 atom stereocenters. The fourth-order valence-corrected chi connectivity index (χ4v) is 2.22. The van der Waals surface area contributed by atoms with Gasteiger partial charge in [-0.05, 0) is 31.8 Å². The number of nitrogens with zero attached hydrogens (tertiary/aromatic N) is 3. The maximum Gasteiger partial charge on any atom is 0.272 e. The lowest BCUT2D eigenvalue weighted by Crippen LogP contribution is -2.36. The first-order valence-electron chi connectivity index (χ1n) is 7.16. The molecule has 0 saturated carbocycles. The maximum atomic E-state index is 12.7. The van der Waals surface area contributed by atoms with E-state index in [4.69, 9.17) is 11.6 Å². The Morgan fingerprint density at radius 2 is 1.86 bits per heavy atom.